The molecule has 1 aromatic carbocycles. The summed E-state index contributed by atoms with van der Waals surface area (Å²) >= 11 is 0. The Kier molecular flexibility index (Phi) is 5.33. The molecule has 31 heavy (non-hydrogen) atoms. The third-order valence-electron chi connectivity index (χ3n) is 8.57. The van der Waals surface area contributed by atoms with Crippen LogP contribution in [0.1, 0.15) is 56.2 Å². The van der Waals surface area contributed by atoms with Crippen LogP contribution in [0, 0.1) is 30.1 Å². The summed E-state index contributed by atoms with van der Waals surface area (Å²) in [5, 5.41) is 3.35. The molecule has 1 saturated heterocycles. The van der Waals surface area contributed by atoms with Crippen molar-refractivity contribution in [3.63, 3.8) is 0 Å². The number of ether oxygens (including phenoxy) is 1. The van der Waals surface area contributed by atoms with Gasteiger partial charge in [-0.25, -0.2) is 0 Å². The first-order valence-corrected chi connectivity index (χ1v) is 11.9. The number of morpholine rings is 1. The van der Waals surface area contributed by atoms with Crippen molar-refractivity contribution >= 4 is 11.8 Å². The van der Waals surface area contributed by atoms with Gasteiger partial charge in [0, 0.05) is 30.6 Å². The zero-order chi connectivity index (χ0) is 21.8. The second-order valence-electron chi connectivity index (χ2n) is 10.6. The number of carbonyl (C=O) groups is 2. The highest BCUT2D eigenvalue weighted by atomic mass is 16.5. The van der Waals surface area contributed by atoms with Crippen LogP contribution in [0.4, 0.5) is 0 Å². The predicted octanol–water partition coefficient (Wildman–Crippen LogP) is 2.55. The highest BCUT2D eigenvalue weighted by molar-refractivity contribution is 5.83. The Balaban J connectivity index is 1.23. The maximum Gasteiger partial charge on any atom is 0.250 e. The van der Waals surface area contributed by atoms with Crippen molar-refractivity contribution in [2.45, 2.75) is 64.1 Å². The molecule has 4 saturated carbocycles. The minimum Gasteiger partial charge on any atom is -0.369 e. The molecule has 3 unspecified atom stereocenters. The number of hydrogen-bond donors (Lipinski definition) is 2. The average molecular weight is 426 g/mol. The summed E-state index contributed by atoms with van der Waals surface area (Å²) in [7, 11) is 0. The summed E-state index contributed by atoms with van der Waals surface area (Å²) in [5.74, 6) is 1.21. The molecule has 1 aliphatic heterocycles. The van der Waals surface area contributed by atoms with Gasteiger partial charge in [-0.15, -0.1) is 0 Å². The lowest BCUT2D eigenvalue weighted by atomic mass is 9.47. The molecule has 5 fully saturated rings. The first kappa shape index (κ1) is 21.0. The number of hydrogen-bond acceptors (Lipinski definition) is 4. The highest BCUT2D eigenvalue weighted by Gasteiger charge is 2.58. The van der Waals surface area contributed by atoms with Gasteiger partial charge < -0.3 is 15.8 Å². The van der Waals surface area contributed by atoms with Crippen molar-refractivity contribution in [3.8, 4) is 0 Å². The van der Waals surface area contributed by atoms with Gasteiger partial charge in [-0.2, -0.15) is 0 Å². The van der Waals surface area contributed by atoms with Crippen LogP contribution in [0.3, 0.4) is 0 Å². The smallest absolute Gasteiger partial charge is 0.250 e. The number of nitrogens with one attached hydrogen (secondary N) is 1. The fraction of sp³-hybridized carbons (Fsp3) is 0.680. The molecule has 5 aliphatic rings. The van der Waals surface area contributed by atoms with Crippen LogP contribution in [0.2, 0.25) is 0 Å². The molecule has 6 rings (SSSR count). The summed E-state index contributed by atoms with van der Waals surface area (Å²) in [6, 6.07) is 8.99. The van der Waals surface area contributed by atoms with Crippen LogP contribution in [-0.2, 0) is 14.3 Å². The lowest BCUT2D eigenvalue weighted by Gasteiger charge is -2.59. The molecule has 4 bridgehead atoms. The molecule has 0 aromatic heterocycles. The van der Waals surface area contributed by atoms with Crippen LogP contribution in [0.25, 0.3) is 0 Å². The van der Waals surface area contributed by atoms with Crippen LogP contribution >= 0.6 is 0 Å². The van der Waals surface area contributed by atoms with Crippen molar-refractivity contribution in [2.75, 3.05) is 19.7 Å². The second kappa shape index (κ2) is 7.89. The molecule has 6 heteroatoms. The minimum atomic E-state index is -0.441. The van der Waals surface area contributed by atoms with Crippen molar-refractivity contribution in [1.82, 2.24) is 10.2 Å². The number of aryl methyl sites for hydroxylation is 1. The average Bonchev–Trinajstić information content (AvgIpc) is 2.75. The number of nitrogens with zero attached hydrogens (tertiary/aromatic N) is 1. The Morgan fingerprint density at radius 3 is 2.65 bits per heavy atom. The number of carbonyl (C=O) groups excluding carboxylic acids is 2. The Morgan fingerprint density at radius 1 is 1.23 bits per heavy atom. The molecule has 1 aromatic rings. The molecule has 4 atom stereocenters. The Bertz CT molecular complexity index is 855. The van der Waals surface area contributed by atoms with Gasteiger partial charge in [-0.05, 0) is 69.3 Å². The van der Waals surface area contributed by atoms with E-state index < -0.39 is 6.10 Å². The van der Waals surface area contributed by atoms with E-state index in [1.165, 1.54) is 11.1 Å². The predicted molar refractivity (Wildman–Crippen MR) is 118 cm³/mol. The number of primary amides is 1. The topological polar surface area (TPSA) is 84.7 Å². The molecule has 0 spiro atoms. The van der Waals surface area contributed by atoms with E-state index in [0.717, 1.165) is 38.6 Å². The fourth-order valence-corrected chi connectivity index (χ4v) is 7.14. The van der Waals surface area contributed by atoms with Crippen molar-refractivity contribution < 1.29 is 14.3 Å². The summed E-state index contributed by atoms with van der Waals surface area (Å²) in [6.45, 7) is 6.32. The molecular formula is C25H35N3O3. The maximum atomic E-state index is 13.2. The third kappa shape index (κ3) is 3.78. The van der Waals surface area contributed by atoms with Gasteiger partial charge in [0.05, 0.1) is 6.61 Å². The van der Waals surface area contributed by atoms with Crippen molar-refractivity contribution in [3.05, 3.63) is 35.4 Å². The molecular weight excluding hydrogens is 390 g/mol. The van der Waals surface area contributed by atoms with E-state index in [0.29, 0.717) is 30.9 Å². The van der Waals surface area contributed by atoms with E-state index in [1.54, 1.807) is 0 Å². The zero-order valence-corrected chi connectivity index (χ0v) is 18.7. The normalized spacial score (nSPS) is 38.1. The van der Waals surface area contributed by atoms with Crippen LogP contribution in [-0.4, -0.2) is 48.6 Å². The SMILES string of the molecule is Cc1cccc([C@@H](C)N2CCOC(C(=O)NC3C4CC5CC3CC(C(N)=O)(C5)C4)C2)c1. The first-order valence-electron chi connectivity index (χ1n) is 11.9. The monoisotopic (exact) mass is 425 g/mol. The highest BCUT2D eigenvalue weighted by Crippen LogP contribution is 2.59. The lowest BCUT2D eigenvalue weighted by Crippen LogP contribution is -2.63. The van der Waals surface area contributed by atoms with E-state index in [4.69, 9.17) is 10.5 Å². The summed E-state index contributed by atoms with van der Waals surface area (Å²) in [4.78, 5) is 27.7. The van der Waals surface area contributed by atoms with E-state index >= 15 is 0 Å². The standard InChI is InChI=1S/C25H35N3O3/c1-15-4-3-5-18(8-15)16(2)28-6-7-31-21(14-28)23(29)27-22-19-9-17-10-20(22)13-25(11-17,12-19)24(26)30/h3-5,8,16-17,19-22H,6-7,9-14H2,1-2H3,(H2,26,30)(H,27,29)/t16-,17?,19?,20?,21?,22?,25?/m1/s1. The zero-order valence-electron chi connectivity index (χ0n) is 18.7. The quantitative estimate of drug-likeness (QED) is 0.759. The van der Waals surface area contributed by atoms with Gasteiger partial charge >= 0.3 is 0 Å². The molecule has 2 amide bonds. The molecule has 3 N–H and O–H groups in total. The minimum absolute atomic E-state index is 0.00624. The number of nitrogens with two attached hydrogens (primary N) is 1. The Hall–Kier alpha value is -1.92. The van der Waals surface area contributed by atoms with Crippen LogP contribution in [0.15, 0.2) is 24.3 Å². The second-order valence-corrected chi connectivity index (χ2v) is 10.6. The van der Waals surface area contributed by atoms with Crippen molar-refractivity contribution in [1.29, 1.82) is 0 Å². The van der Waals surface area contributed by atoms with E-state index in [9.17, 15) is 9.59 Å². The number of benzene rings is 1. The summed E-state index contributed by atoms with van der Waals surface area (Å²) < 4.78 is 5.90. The van der Waals surface area contributed by atoms with Gasteiger partial charge in [0.15, 0.2) is 0 Å². The summed E-state index contributed by atoms with van der Waals surface area (Å²) in [6.07, 6.45) is 4.40. The van der Waals surface area contributed by atoms with Crippen LogP contribution < -0.4 is 11.1 Å². The van der Waals surface area contributed by atoms with Gasteiger partial charge in [0.25, 0.3) is 5.91 Å². The molecule has 6 nitrogen and oxygen atoms in total. The van der Waals surface area contributed by atoms with Gasteiger partial charge in [0.1, 0.15) is 6.10 Å². The third-order valence-corrected chi connectivity index (χ3v) is 8.57. The molecule has 1 heterocycles. The number of rotatable bonds is 5. The Labute approximate surface area is 184 Å². The molecule has 4 aliphatic carbocycles. The van der Waals surface area contributed by atoms with Gasteiger partial charge in [-0.3, -0.25) is 14.5 Å². The van der Waals surface area contributed by atoms with Crippen LogP contribution in [0.5, 0.6) is 0 Å². The fourth-order valence-electron chi connectivity index (χ4n) is 7.14. The maximum absolute atomic E-state index is 13.2. The van der Waals surface area contributed by atoms with Gasteiger partial charge in [-0.1, -0.05) is 29.8 Å². The number of amides is 2. The first-order chi connectivity index (χ1) is 14.8. The van der Waals surface area contributed by atoms with Gasteiger partial charge in [0.2, 0.25) is 5.91 Å². The molecule has 168 valence electrons. The summed E-state index contributed by atoms with van der Waals surface area (Å²) in [5.41, 5.74) is 8.01. The van der Waals surface area contributed by atoms with Crippen molar-refractivity contribution in [2.24, 2.45) is 28.9 Å². The lowest BCUT2D eigenvalue weighted by molar-refractivity contribution is -0.151. The van der Waals surface area contributed by atoms with E-state index in [2.05, 4.69) is 48.3 Å². The Morgan fingerprint density at radius 2 is 1.97 bits per heavy atom. The van der Waals surface area contributed by atoms with E-state index in [1.807, 2.05) is 0 Å². The largest absolute Gasteiger partial charge is 0.369 e. The molecule has 0 radical (unpaired) electrons. The van der Waals surface area contributed by atoms with E-state index in [-0.39, 0.29) is 29.3 Å².